The molecule has 0 radical (unpaired) electrons. The molecule has 2 unspecified atom stereocenters. The van der Waals surface area contributed by atoms with Crippen molar-refractivity contribution in [1.82, 2.24) is 4.98 Å². The van der Waals surface area contributed by atoms with E-state index in [1.807, 2.05) is 19.9 Å². The highest BCUT2D eigenvalue weighted by Gasteiger charge is 2.29. The normalized spacial score (nSPS) is 16.9. The van der Waals surface area contributed by atoms with E-state index in [2.05, 4.69) is 11.9 Å². The van der Waals surface area contributed by atoms with Crippen molar-refractivity contribution in [1.29, 1.82) is 0 Å². The fraction of sp³-hybridized carbons (Fsp3) is 0.583. The van der Waals surface area contributed by atoms with Crippen molar-refractivity contribution < 1.29 is 9.84 Å². The summed E-state index contributed by atoms with van der Waals surface area (Å²) in [7, 11) is 1.60. The first-order valence-corrected chi connectivity index (χ1v) is 5.24. The van der Waals surface area contributed by atoms with E-state index in [1.54, 1.807) is 19.5 Å². The molecule has 2 atom stereocenters. The summed E-state index contributed by atoms with van der Waals surface area (Å²) in [6.07, 6.45) is 4.25. The summed E-state index contributed by atoms with van der Waals surface area (Å²) in [5.74, 6) is 0.863. The van der Waals surface area contributed by atoms with Gasteiger partial charge in [0.05, 0.1) is 18.9 Å². The largest absolute Gasteiger partial charge is 0.495 e. The maximum atomic E-state index is 10.4. The molecule has 1 aromatic heterocycles. The van der Waals surface area contributed by atoms with Gasteiger partial charge in [0.1, 0.15) is 5.75 Å². The zero-order valence-electron chi connectivity index (χ0n) is 9.82. The lowest BCUT2D eigenvalue weighted by atomic mass is 9.83. The molecule has 1 N–H and O–H groups in total. The van der Waals surface area contributed by atoms with Gasteiger partial charge < -0.3 is 9.84 Å². The minimum Gasteiger partial charge on any atom is -0.495 e. The maximum absolute atomic E-state index is 10.4. The number of nitrogens with zero attached hydrogens (tertiary/aromatic N) is 1. The number of methoxy groups -OCH3 is 1. The van der Waals surface area contributed by atoms with Crippen molar-refractivity contribution in [3.63, 3.8) is 0 Å². The van der Waals surface area contributed by atoms with Crippen molar-refractivity contribution in [3.05, 3.63) is 24.0 Å². The smallest absolute Gasteiger partial charge is 0.137 e. The van der Waals surface area contributed by atoms with Crippen LogP contribution in [0, 0.1) is 5.92 Å². The van der Waals surface area contributed by atoms with Crippen LogP contribution in [0.25, 0.3) is 0 Å². The molecular formula is C12H19NO2. The van der Waals surface area contributed by atoms with Crippen molar-refractivity contribution in [3.8, 4) is 5.75 Å². The number of hydrogen-bond acceptors (Lipinski definition) is 3. The highest BCUT2D eigenvalue weighted by atomic mass is 16.5. The van der Waals surface area contributed by atoms with Crippen LogP contribution in [-0.2, 0) is 5.60 Å². The average molecular weight is 209 g/mol. The lowest BCUT2D eigenvalue weighted by molar-refractivity contribution is -0.000465. The van der Waals surface area contributed by atoms with Crippen LogP contribution in [0.2, 0.25) is 0 Å². The van der Waals surface area contributed by atoms with E-state index in [9.17, 15) is 5.11 Å². The standard InChI is InChI=1S/C12H19NO2/c1-5-9(2)12(3,14)10-6-11(15-4)8-13-7-10/h6-9,14H,5H2,1-4H3. The first-order valence-electron chi connectivity index (χ1n) is 5.24. The molecular weight excluding hydrogens is 190 g/mol. The molecule has 0 aromatic carbocycles. The van der Waals surface area contributed by atoms with E-state index >= 15 is 0 Å². The van der Waals surface area contributed by atoms with E-state index in [0.29, 0.717) is 5.75 Å². The fourth-order valence-corrected chi connectivity index (χ4v) is 1.49. The number of pyridine rings is 1. The summed E-state index contributed by atoms with van der Waals surface area (Å²) in [6.45, 7) is 5.91. The molecule has 0 spiro atoms. The number of aliphatic hydroxyl groups is 1. The Bertz CT molecular complexity index is 323. The average Bonchev–Trinajstić information content (AvgIpc) is 2.27. The van der Waals surface area contributed by atoms with Crippen LogP contribution in [-0.4, -0.2) is 17.2 Å². The van der Waals surface area contributed by atoms with Crippen LogP contribution >= 0.6 is 0 Å². The summed E-state index contributed by atoms with van der Waals surface area (Å²) < 4.78 is 5.09. The lowest BCUT2D eigenvalue weighted by Crippen LogP contribution is -2.29. The van der Waals surface area contributed by atoms with Crippen molar-refractivity contribution in [2.45, 2.75) is 32.8 Å². The Labute approximate surface area is 91.1 Å². The van der Waals surface area contributed by atoms with Crippen molar-refractivity contribution in [2.75, 3.05) is 7.11 Å². The third-order valence-electron chi connectivity index (χ3n) is 3.11. The van der Waals surface area contributed by atoms with Gasteiger partial charge in [-0.2, -0.15) is 0 Å². The monoisotopic (exact) mass is 209 g/mol. The molecule has 3 nitrogen and oxygen atoms in total. The zero-order chi connectivity index (χ0) is 11.5. The van der Waals surface area contributed by atoms with Gasteiger partial charge in [0, 0.05) is 11.8 Å². The summed E-state index contributed by atoms with van der Waals surface area (Å²) in [4.78, 5) is 4.05. The Hall–Kier alpha value is -1.09. The van der Waals surface area contributed by atoms with Crippen LogP contribution < -0.4 is 4.74 Å². The topological polar surface area (TPSA) is 42.4 Å². The highest BCUT2D eigenvalue weighted by Crippen LogP contribution is 2.32. The number of ether oxygens (including phenoxy) is 1. The maximum Gasteiger partial charge on any atom is 0.137 e. The van der Waals surface area contributed by atoms with Gasteiger partial charge in [0.25, 0.3) is 0 Å². The van der Waals surface area contributed by atoms with Gasteiger partial charge in [-0.15, -0.1) is 0 Å². The molecule has 3 heteroatoms. The number of hydrogen-bond donors (Lipinski definition) is 1. The van der Waals surface area contributed by atoms with Crippen LogP contribution in [0.15, 0.2) is 18.5 Å². The Kier molecular flexibility index (Phi) is 3.69. The molecule has 0 aliphatic heterocycles. The second-order valence-electron chi connectivity index (χ2n) is 4.07. The molecule has 15 heavy (non-hydrogen) atoms. The van der Waals surface area contributed by atoms with Crippen LogP contribution in [0.1, 0.15) is 32.8 Å². The van der Waals surface area contributed by atoms with Crippen LogP contribution in [0.4, 0.5) is 0 Å². The molecule has 0 amide bonds. The molecule has 0 saturated carbocycles. The zero-order valence-corrected chi connectivity index (χ0v) is 9.82. The minimum absolute atomic E-state index is 0.186. The summed E-state index contributed by atoms with van der Waals surface area (Å²) in [5, 5.41) is 10.4. The Morgan fingerprint density at radius 2 is 2.20 bits per heavy atom. The van der Waals surface area contributed by atoms with Crippen LogP contribution in [0.3, 0.4) is 0 Å². The summed E-state index contributed by atoms with van der Waals surface area (Å²) in [6, 6.07) is 1.83. The van der Waals surface area contributed by atoms with Gasteiger partial charge in [-0.25, -0.2) is 0 Å². The van der Waals surface area contributed by atoms with E-state index < -0.39 is 5.60 Å². The minimum atomic E-state index is -0.851. The second kappa shape index (κ2) is 4.62. The van der Waals surface area contributed by atoms with Gasteiger partial charge in [0.2, 0.25) is 0 Å². The first-order chi connectivity index (χ1) is 7.02. The number of aromatic nitrogens is 1. The predicted octanol–water partition coefficient (Wildman–Crippen LogP) is 2.34. The third-order valence-corrected chi connectivity index (χ3v) is 3.11. The Morgan fingerprint density at radius 3 is 2.73 bits per heavy atom. The SMILES string of the molecule is CCC(C)C(C)(O)c1cncc(OC)c1. The van der Waals surface area contributed by atoms with E-state index in [4.69, 9.17) is 4.74 Å². The molecule has 0 aliphatic rings. The highest BCUT2D eigenvalue weighted by molar-refractivity contribution is 5.28. The molecule has 1 rings (SSSR count). The van der Waals surface area contributed by atoms with Crippen molar-refractivity contribution in [2.24, 2.45) is 5.92 Å². The molecule has 0 saturated heterocycles. The van der Waals surface area contributed by atoms with E-state index in [0.717, 1.165) is 12.0 Å². The van der Waals surface area contributed by atoms with Gasteiger partial charge >= 0.3 is 0 Å². The lowest BCUT2D eigenvalue weighted by Gasteiger charge is -2.29. The number of rotatable bonds is 4. The third kappa shape index (κ3) is 2.48. The molecule has 1 heterocycles. The van der Waals surface area contributed by atoms with Gasteiger partial charge in [-0.05, 0) is 18.9 Å². The Morgan fingerprint density at radius 1 is 1.53 bits per heavy atom. The first kappa shape index (κ1) is 12.0. The summed E-state index contributed by atoms with van der Waals surface area (Å²) >= 11 is 0. The van der Waals surface area contributed by atoms with Crippen molar-refractivity contribution >= 4 is 0 Å². The van der Waals surface area contributed by atoms with E-state index in [-0.39, 0.29) is 5.92 Å². The van der Waals surface area contributed by atoms with E-state index in [1.165, 1.54) is 0 Å². The summed E-state index contributed by atoms with van der Waals surface area (Å²) in [5.41, 5.74) is -0.0489. The molecule has 0 aliphatic carbocycles. The van der Waals surface area contributed by atoms with Gasteiger partial charge in [-0.3, -0.25) is 4.98 Å². The van der Waals surface area contributed by atoms with Gasteiger partial charge in [-0.1, -0.05) is 20.3 Å². The second-order valence-corrected chi connectivity index (χ2v) is 4.07. The molecule has 0 bridgehead atoms. The van der Waals surface area contributed by atoms with Gasteiger partial charge in [0.15, 0.2) is 0 Å². The fourth-order valence-electron chi connectivity index (χ4n) is 1.49. The molecule has 84 valence electrons. The predicted molar refractivity (Wildman–Crippen MR) is 59.8 cm³/mol. The Balaban J connectivity index is 3.03. The van der Waals surface area contributed by atoms with Crippen LogP contribution in [0.5, 0.6) is 5.75 Å². The quantitative estimate of drug-likeness (QED) is 0.827. The molecule has 0 fully saturated rings. The molecule has 1 aromatic rings.